The summed E-state index contributed by atoms with van der Waals surface area (Å²) in [7, 11) is 1.62. The second-order valence-electron chi connectivity index (χ2n) is 6.24. The summed E-state index contributed by atoms with van der Waals surface area (Å²) >= 11 is 0. The third kappa shape index (κ3) is 5.61. The van der Waals surface area contributed by atoms with E-state index in [0.717, 1.165) is 17.7 Å². The van der Waals surface area contributed by atoms with E-state index in [1.54, 1.807) is 37.4 Å². The predicted molar refractivity (Wildman–Crippen MR) is 111 cm³/mol. The van der Waals surface area contributed by atoms with Crippen LogP contribution in [-0.2, 0) is 4.74 Å². The zero-order chi connectivity index (χ0) is 20.5. The highest BCUT2D eigenvalue weighted by atomic mass is 16.5. The molecule has 7 heteroatoms. The van der Waals surface area contributed by atoms with Crippen LogP contribution < -0.4 is 10.6 Å². The zero-order valence-corrected chi connectivity index (χ0v) is 16.1. The number of carbonyl (C=O) groups excluding carboxylic acids is 1. The molecule has 1 heterocycles. The van der Waals surface area contributed by atoms with Gasteiger partial charge in [0.2, 0.25) is 0 Å². The van der Waals surface area contributed by atoms with Crippen LogP contribution in [0.5, 0.6) is 0 Å². The number of aromatic nitrogens is 2. The molecule has 0 unspecified atom stereocenters. The van der Waals surface area contributed by atoms with E-state index in [1.807, 2.05) is 30.3 Å². The summed E-state index contributed by atoms with van der Waals surface area (Å²) in [6, 6.07) is 20.2. The standard InChI is InChI=1S/C22H21N5O2/c1-29-13-5-12-24-22(28)19-14-20(25-18-10-8-16(15-23)9-11-18)27-21(26-19)17-6-3-2-4-7-17/h2-4,6-11,14H,5,12-13H2,1H3,(H,24,28)(H,25,26,27). The predicted octanol–water partition coefficient (Wildman–Crippen LogP) is 3.53. The first-order valence-corrected chi connectivity index (χ1v) is 9.18. The van der Waals surface area contributed by atoms with E-state index in [-0.39, 0.29) is 11.6 Å². The Morgan fingerprint density at radius 2 is 1.86 bits per heavy atom. The van der Waals surface area contributed by atoms with E-state index in [4.69, 9.17) is 10.00 Å². The van der Waals surface area contributed by atoms with E-state index in [1.165, 1.54) is 0 Å². The molecule has 146 valence electrons. The third-order valence-corrected chi connectivity index (χ3v) is 4.09. The number of nitrogens with one attached hydrogen (secondary N) is 2. The number of hydrogen-bond donors (Lipinski definition) is 2. The van der Waals surface area contributed by atoms with Crippen molar-refractivity contribution in [1.29, 1.82) is 5.26 Å². The molecule has 0 atom stereocenters. The smallest absolute Gasteiger partial charge is 0.270 e. The first-order chi connectivity index (χ1) is 14.2. The maximum atomic E-state index is 12.6. The van der Waals surface area contributed by atoms with Crippen LogP contribution in [0.15, 0.2) is 60.7 Å². The van der Waals surface area contributed by atoms with Gasteiger partial charge in [0.1, 0.15) is 11.5 Å². The molecule has 0 bridgehead atoms. The number of hydrogen-bond acceptors (Lipinski definition) is 6. The Morgan fingerprint density at radius 1 is 1.10 bits per heavy atom. The van der Waals surface area contributed by atoms with Gasteiger partial charge in [-0.2, -0.15) is 5.26 Å². The summed E-state index contributed by atoms with van der Waals surface area (Å²) in [4.78, 5) is 21.6. The molecule has 7 nitrogen and oxygen atoms in total. The van der Waals surface area contributed by atoms with Crippen molar-refractivity contribution in [2.75, 3.05) is 25.6 Å². The summed E-state index contributed by atoms with van der Waals surface area (Å²) in [6.07, 6.45) is 0.717. The monoisotopic (exact) mass is 387 g/mol. The molecule has 0 radical (unpaired) electrons. The van der Waals surface area contributed by atoms with Gasteiger partial charge in [0.05, 0.1) is 11.6 Å². The summed E-state index contributed by atoms with van der Waals surface area (Å²) in [6.45, 7) is 1.07. The second kappa shape index (κ2) is 9.97. The fraction of sp³-hybridized carbons (Fsp3) is 0.182. The molecule has 29 heavy (non-hydrogen) atoms. The fourth-order valence-electron chi connectivity index (χ4n) is 2.63. The lowest BCUT2D eigenvalue weighted by molar-refractivity contribution is 0.0943. The Balaban J connectivity index is 1.88. The first kappa shape index (κ1) is 20.0. The van der Waals surface area contributed by atoms with Crippen LogP contribution in [0.3, 0.4) is 0 Å². The van der Waals surface area contributed by atoms with Crippen molar-refractivity contribution < 1.29 is 9.53 Å². The van der Waals surface area contributed by atoms with Gasteiger partial charge in [-0.05, 0) is 30.7 Å². The maximum absolute atomic E-state index is 12.6. The van der Waals surface area contributed by atoms with Crippen LogP contribution in [0.2, 0.25) is 0 Å². The quantitative estimate of drug-likeness (QED) is 0.574. The molecule has 3 aromatic rings. The van der Waals surface area contributed by atoms with E-state index < -0.39 is 0 Å². The summed E-state index contributed by atoms with van der Waals surface area (Å²) in [5.74, 6) is 0.667. The minimum atomic E-state index is -0.274. The average molecular weight is 387 g/mol. The number of carbonyl (C=O) groups is 1. The molecular weight excluding hydrogens is 366 g/mol. The number of ether oxygens (including phenoxy) is 1. The van der Waals surface area contributed by atoms with Crippen molar-refractivity contribution in [3.8, 4) is 17.5 Å². The number of nitrogens with zero attached hydrogens (tertiary/aromatic N) is 3. The van der Waals surface area contributed by atoms with Crippen LogP contribution in [0, 0.1) is 11.3 Å². The minimum Gasteiger partial charge on any atom is -0.385 e. The fourth-order valence-corrected chi connectivity index (χ4v) is 2.63. The maximum Gasteiger partial charge on any atom is 0.270 e. The van der Waals surface area contributed by atoms with Crippen molar-refractivity contribution in [1.82, 2.24) is 15.3 Å². The van der Waals surface area contributed by atoms with Gasteiger partial charge in [-0.3, -0.25) is 4.79 Å². The SMILES string of the molecule is COCCCNC(=O)c1cc(Nc2ccc(C#N)cc2)nc(-c2ccccc2)n1. The Bertz CT molecular complexity index is 998. The van der Waals surface area contributed by atoms with Crippen molar-refractivity contribution in [3.63, 3.8) is 0 Å². The summed E-state index contributed by atoms with van der Waals surface area (Å²) in [5.41, 5.74) is 2.41. The summed E-state index contributed by atoms with van der Waals surface area (Å²) < 4.78 is 5.00. The molecule has 3 rings (SSSR count). The molecule has 1 aromatic heterocycles. The van der Waals surface area contributed by atoms with Crippen LogP contribution in [-0.4, -0.2) is 36.1 Å². The van der Waals surface area contributed by atoms with Crippen LogP contribution in [0.1, 0.15) is 22.5 Å². The largest absolute Gasteiger partial charge is 0.385 e. The summed E-state index contributed by atoms with van der Waals surface area (Å²) in [5, 5.41) is 15.0. The molecule has 0 fully saturated rings. The van der Waals surface area contributed by atoms with Crippen LogP contribution in [0.4, 0.5) is 11.5 Å². The van der Waals surface area contributed by atoms with Crippen LogP contribution in [0.25, 0.3) is 11.4 Å². The van der Waals surface area contributed by atoms with Gasteiger partial charge < -0.3 is 15.4 Å². The Kier molecular flexibility index (Phi) is 6.87. The highest BCUT2D eigenvalue weighted by Gasteiger charge is 2.13. The lowest BCUT2D eigenvalue weighted by Gasteiger charge is -2.11. The van der Waals surface area contributed by atoms with Gasteiger partial charge >= 0.3 is 0 Å². The number of anilines is 2. The lowest BCUT2D eigenvalue weighted by Crippen LogP contribution is -2.26. The van der Waals surface area contributed by atoms with Gasteiger partial charge in [-0.15, -0.1) is 0 Å². The van der Waals surface area contributed by atoms with Crippen molar-refractivity contribution in [2.24, 2.45) is 0 Å². The zero-order valence-electron chi connectivity index (χ0n) is 16.1. The van der Waals surface area contributed by atoms with Gasteiger partial charge in [0.15, 0.2) is 5.82 Å². The number of nitriles is 1. The molecule has 1 amide bonds. The van der Waals surface area contributed by atoms with Crippen molar-refractivity contribution >= 4 is 17.4 Å². The minimum absolute atomic E-state index is 0.271. The van der Waals surface area contributed by atoms with Gasteiger partial charge in [0.25, 0.3) is 5.91 Å². The molecule has 0 aliphatic carbocycles. The molecule has 0 aliphatic rings. The Morgan fingerprint density at radius 3 is 2.55 bits per heavy atom. The molecule has 0 saturated carbocycles. The molecule has 2 aromatic carbocycles. The molecule has 0 spiro atoms. The van der Waals surface area contributed by atoms with E-state index in [9.17, 15) is 4.79 Å². The molecule has 2 N–H and O–H groups in total. The van der Waals surface area contributed by atoms with Gasteiger partial charge in [-0.1, -0.05) is 30.3 Å². The number of benzene rings is 2. The van der Waals surface area contributed by atoms with Crippen LogP contribution >= 0.6 is 0 Å². The molecule has 0 aliphatic heterocycles. The lowest BCUT2D eigenvalue weighted by atomic mass is 10.2. The highest BCUT2D eigenvalue weighted by Crippen LogP contribution is 2.21. The average Bonchev–Trinajstić information content (AvgIpc) is 2.77. The van der Waals surface area contributed by atoms with Crippen molar-refractivity contribution in [3.05, 3.63) is 71.9 Å². The van der Waals surface area contributed by atoms with E-state index in [2.05, 4.69) is 26.7 Å². The van der Waals surface area contributed by atoms with Crippen molar-refractivity contribution in [2.45, 2.75) is 6.42 Å². The number of rotatable bonds is 8. The highest BCUT2D eigenvalue weighted by molar-refractivity contribution is 5.93. The van der Waals surface area contributed by atoms with E-state index >= 15 is 0 Å². The molecule has 0 saturated heterocycles. The normalized spacial score (nSPS) is 10.2. The third-order valence-electron chi connectivity index (χ3n) is 4.09. The molecular formula is C22H21N5O2. The first-order valence-electron chi connectivity index (χ1n) is 9.18. The Labute approximate surface area is 169 Å². The number of amides is 1. The Hall–Kier alpha value is -3.76. The van der Waals surface area contributed by atoms with E-state index in [0.29, 0.717) is 30.4 Å². The second-order valence-corrected chi connectivity index (χ2v) is 6.24. The van der Waals surface area contributed by atoms with Gasteiger partial charge in [0, 0.05) is 37.6 Å². The van der Waals surface area contributed by atoms with Gasteiger partial charge in [-0.25, -0.2) is 9.97 Å². The number of methoxy groups -OCH3 is 1. The topological polar surface area (TPSA) is 99.9 Å².